The molecule has 1 aliphatic rings. The Morgan fingerprint density at radius 1 is 1.12 bits per heavy atom. The summed E-state index contributed by atoms with van der Waals surface area (Å²) in [5.74, 6) is -0.324. The number of carbonyl (C=O) groups excluding carboxylic acids is 1. The molecule has 0 bridgehead atoms. The van der Waals surface area contributed by atoms with Gasteiger partial charge in [0, 0.05) is 24.3 Å². The Hall–Kier alpha value is -3.20. The Kier molecular flexibility index (Phi) is 6.36. The molecule has 34 heavy (non-hydrogen) atoms. The standard InChI is InChI=1S/C24H22Cl2N6O2/c25-20-2-1-15(11-21(20)26)13-31-14-19(23(33)30-16-3-7-27-8-4-16)22-18(24(31)34)12-29-32(22)17-5-9-28-10-6-17/h1-4,7-8,11-12,14,17,28H,5-6,9-10,13H2,(H,27,30,33). The summed E-state index contributed by atoms with van der Waals surface area (Å²) in [6, 6.07) is 8.75. The molecular weight excluding hydrogens is 475 g/mol. The second kappa shape index (κ2) is 9.58. The molecule has 4 aromatic rings. The van der Waals surface area contributed by atoms with Crippen LogP contribution in [0.3, 0.4) is 0 Å². The van der Waals surface area contributed by atoms with Crippen LogP contribution in [-0.2, 0) is 6.54 Å². The van der Waals surface area contributed by atoms with Gasteiger partial charge >= 0.3 is 0 Å². The van der Waals surface area contributed by atoms with Crippen molar-refractivity contribution in [2.24, 2.45) is 0 Å². The van der Waals surface area contributed by atoms with Crippen LogP contribution in [0.15, 0.2) is 59.9 Å². The van der Waals surface area contributed by atoms with E-state index in [1.807, 2.05) is 4.68 Å². The van der Waals surface area contributed by atoms with Crippen molar-refractivity contribution in [3.8, 4) is 0 Å². The molecule has 0 unspecified atom stereocenters. The highest BCUT2D eigenvalue weighted by Crippen LogP contribution is 2.27. The van der Waals surface area contributed by atoms with Crippen molar-refractivity contribution < 1.29 is 4.79 Å². The second-order valence-electron chi connectivity index (χ2n) is 8.25. The minimum absolute atomic E-state index is 0.108. The molecule has 0 radical (unpaired) electrons. The number of halogens is 2. The minimum atomic E-state index is -0.324. The molecule has 0 saturated carbocycles. The number of piperidine rings is 1. The van der Waals surface area contributed by atoms with Crippen LogP contribution in [0.25, 0.3) is 10.9 Å². The molecule has 0 spiro atoms. The molecule has 1 saturated heterocycles. The first-order chi connectivity index (χ1) is 16.5. The molecule has 174 valence electrons. The van der Waals surface area contributed by atoms with E-state index in [-0.39, 0.29) is 24.1 Å². The van der Waals surface area contributed by atoms with Crippen LogP contribution in [0, 0.1) is 0 Å². The van der Waals surface area contributed by atoms with Crippen LogP contribution in [0.4, 0.5) is 5.69 Å². The molecule has 10 heteroatoms. The van der Waals surface area contributed by atoms with Crippen LogP contribution in [0.1, 0.15) is 34.8 Å². The minimum Gasteiger partial charge on any atom is -0.322 e. The van der Waals surface area contributed by atoms with E-state index in [2.05, 4.69) is 20.7 Å². The normalized spacial score (nSPS) is 14.4. The molecule has 0 aliphatic carbocycles. The van der Waals surface area contributed by atoms with E-state index in [0.29, 0.717) is 32.2 Å². The van der Waals surface area contributed by atoms with Crippen LogP contribution in [0.2, 0.25) is 10.0 Å². The number of carbonyl (C=O) groups is 1. The Labute approximate surface area is 205 Å². The van der Waals surface area contributed by atoms with Crippen molar-refractivity contribution in [1.82, 2.24) is 24.6 Å². The van der Waals surface area contributed by atoms with Gasteiger partial charge in [-0.3, -0.25) is 19.3 Å². The highest BCUT2D eigenvalue weighted by molar-refractivity contribution is 6.42. The zero-order valence-electron chi connectivity index (χ0n) is 18.2. The van der Waals surface area contributed by atoms with E-state index in [9.17, 15) is 9.59 Å². The zero-order valence-corrected chi connectivity index (χ0v) is 19.7. The molecule has 8 nitrogen and oxygen atoms in total. The van der Waals surface area contributed by atoms with Gasteiger partial charge in [-0.25, -0.2) is 0 Å². The van der Waals surface area contributed by atoms with Crippen LogP contribution in [0.5, 0.6) is 0 Å². The lowest BCUT2D eigenvalue weighted by molar-refractivity contribution is 0.102. The average Bonchev–Trinajstić information content (AvgIpc) is 3.30. The first-order valence-corrected chi connectivity index (χ1v) is 11.7. The van der Waals surface area contributed by atoms with E-state index in [1.54, 1.807) is 55.1 Å². The molecule has 1 fully saturated rings. The van der Waals surface area contributed by atoms with Crippen LogP contribution in [-0.4, -0.2) is 38.3 Å². The SMILES string of the molecule is O=C(Nc1ccncc1)c1cn(Cc2ccc(Cl)c(Cl)c2)c(=O)c2cnn(C3CCNCC3)c12. The van der Waals surface area contributed by atoms with Crippen molar-refractivity contribution in [3.63, 3.8) is 0 Å². The first kappa shape index (κ1) is 22.6. The Balaban J connectivity index is 1.62. The van der Waals surface area contributed by atoms with Gasteiger partial charge in [-0.2, -0.15) is 5.10 Å². The summed E-state index contributed by atoms with van der Waals surface area (Å²) in [5.41, 5.74) is 2.11. The third-order valence-corrected chi connectivity index (χ3v) is 6.74. The van der Waals surface area contributed by atoms with Gasteiger partial charge in [-0.1, -0.05) is 29.3 Å². The van der Waals surface area contributed by atoms with E-state index in [0.717, 1.165) is 31.5 Å². The quantitative estimate of drug-likeness (QED) is 0.433. The fourth-order valence-corrected chi connectivity index (χ4v) is 4.62. The number of rotatable bonds is 5. The predicted octanol–water partition coefficient (Wildman–Crippen LogP) is 4.12. The number of hydrogen-bond acceptors (Lipinski definition) is 5. The molecule has 1 amide bonds. The maximum atomic E-state index is 13.4. The lowest BCUT2D eigenvalue weighted by atomic mass is 10.1. The summed E-state index contributed by atoms with van der Waals surface area (Å²) in [6.45, 7) is 1.96. The third kappa shape index (κ3) is 4.44. The number of fused-ring (bicyclic) bond motifs is 1. The van der Waals surface area contributed by atoms with Crippen molar-refractivity contribution in [3.05, 3.63) is 86.6 Å². The van der Waals surface area contributed by atoms with Gasteiger partial charge < -0.3 is 15.2 Å². The molecule has 3 aromatic heterocycles. The van der Waals surface area contributed by atoms with Gasteiger partial charge in [0.05, 0.1) is 45.3 Å². The summed E-state index contributed by atoms with van der Waals surface area (Å²) in [6.07, 6.45) is 8.12. The van der Waals surface area contributed by atoms with Crippen LogP contribution < -0.4 is 16.2 Å². The summed E-state index contributed by atoms with van der Waals surface area (Å²) < 4.78 is 3.35. The highest BCUT2D eigenvalue weighted by atomic mass is 35.5. The molecule has 2 N–H and O–H groups in total. The topological polar surface area (TPSA) is 93.8 Å². The summed E-state index contributed by atoms with van der Waals surface area (Å²) in [7, 11) is 0. The number of hydrogen-bond donors (Lipinski definition) is 2. The van der Waals surface area contributed by atoms with Gasteiger partial charge in [0.1, 0.15) is 0 Å². The van der Waals surface area contributed by atoms with Gasteiger partial charge in [0.15, 0.2) is 0 Å². The van der Waals surface area contributed by atoms with Crippen molar-refractivity contribution >= 4 is 45.7 Å². The average molecular weight is 497 g/mol. The van der Waals surface area contributed by atoms with Crippen molar-refractivity contribution in [1.29, 1.82) is 0 Å². The summed E-state index contributed by atoms with van der Waals surface area (Å²) in [5, 5.41) is 12.0. The lowest BCUT2D eigenvalue weighted by Crippen LogP contribution is -2.31. The number of aromatic nitrogens is 4. The number of nitrogens with one attached hydrogen (secondary N) is 2. The van der Waals surface area contributed by atoms with Crippen molar-refractivity contribution in [2.45, 2.75) is 25.4 Å². The van der Waals surface area contributed by atoms with E-state index < -0.39 is 0 Å². The largest absolute Gasteiger partial charge is 0.322 e. The Morgan fingerprint density at radius 2 is 1.88 bits per heavy atom. The summed E-state index contributed by atoms with van der Waals surface area (Å²) >= 11 is 12.2. The van der Waals surface area contributed by atoms with E-state index in [1.165, 1.54) is 4.57 Å². The fraction of sp³-hybridized carbons (Fsp3) is 0.250. The molecule has 1 aromatic carbocycles. The predicted molar refractivity (Wildman–Crippen MR) is 133 cm³/mol. The zero-order chi connectivity index (χ0) is 23.7. The van der Waals surface area contributed by atoms with E-state index >= 15 is 0 Å². The fourth-order valence-electron chi connectivity index (χ4n) is 4.30. The molecule has 1 aliphatic heterocycles. The maximum Gasteiger partial charge on any atom is 0.261 e. The third-order valence-electron chi connectivity index (χ3n) is 6.00. The van der Waals surface area contributed by atoms with Crippen LogP contribution >= 0.6 is 23.2 Å². The van der Waals surface area contributed by atoms with Crippen molar-refractivity contribution in [2.75, 3.05) is 18.4 Å². The molecule has 0 atom stereocenters. The number of pyridine rings is 2. The lowest BCUT2D eigenvalue weighted by Gasteiger charge is -2.24. The molecule has 5 rings (SSSR count). The number of amides is 1. The second-order valence-corrected chi connectivity index (χ2v) is 9.06. The summed E-state index contributed by atoms with van der Waals surface area (Å²) in [4.78, 5) is 30.8. The molecule has 4 heterocycles. The Bertz CT molecular complexity index is 1410. The van der Waals surface area contributed by atoms with Gasteiger partial charge in [0.25, 0.3) is 11.5 Å². The number of nitrogens with zero attached hydrogens (tertiary/aromatic N) is 4. The van der Waals surface area contributed by atoms with Gasteiger partial charge in [0.2, 0.25) is 0 Å². The van der Waals surface area contributed by atoms with Gasteiger partial charge in [-0.05, 0) is 55.8 Å². The number of benzene rings is 1. The Morgan fingerprint density at radius 3 is 2.62 bits per heavy atom. The maximum absolute atomic E-state index is 13.4. The molecular formula is C24H22Cl2N6O2. The smallest absolute Gasteiger partial charge is 0.261 e. The highest BCUT2D eigenvalue weighted by Gasteiger charge is 2.24. The van der Waals surface area contributed by atoms with E-state index in [4.69, 9.17) is 23.2 Å². The van der Waals surface area contributed by atoms with Gasteiger partial charge in [-0.15, -0.1) is 0 Å². The number of anilines is 1. The first-order valence-electron chi connectivity index (χ1n) is 11.0. The monoisotopic (exact) mass is 496 g/mol.